The molecule has 0 unspecified atom stereocenters. The average molecular weight is 218 g/mol. The third-order valence-electron chi connectivity index (χ3n) is 2.52. The number of rotatable bonds is 6. The van der Waals surface area contributed by atoms with Crippen LogP contribution in [-0.4, -0.2) is 31.7 Å². The first-order valence-electron chi connectivity index (χ1n) is 5.48. The largest absolute Gasteiger partial charge is 0.295 e. The molecule has 2 heteroatoms. The molecule has 0 bridgehead atoms. The van der Waals surface area contributed by atoms with Crippen LogP contribution in [-0.2, 0) is 6.42 Å². The van der Waals surface area contributed by atoms with Gasteiger partial charge in [-0.1, -0.05) is 36.3 Å². The molecule has 1 atom stereocenters. The van der Waals surface area contributed by atoms with Crippen molar-refractivity contribution in [1.29, 1.82) is 0 Å². The van der Waals surface area contributed by atoms with Gasteiger partial charge in [0.05, 0.1) is 13.2 Å². The first-order chi connectivity index (χ1) is 7.76. The number of halogens is 1. The number of hydrogen-bond acceptors (Lipinski definition) is 1. The highest BCUT2D eigenvalue weighted by Gasteiger charge is 2.11. The van der Waals surface area contributed by atoms with Crippen LogP contribution < -0.4 is 0 Å². The van der Waals surface area contributed by atoms with Gasteiger partial charge < -0.3 is 0 Å². The van der Waals surface area contributed by atoms with Crippen LogP contribution in [0.25, 0.3) is 0 Å². The zero-order valence-corrected chi connectivity index (χ0v) is 9.70. The maximum absolute atomic E-state index is 12.9. The summed E-state index contributed by atoms with van der Waals surface area (Å²) in [5, 5.41) is 0. The third-order valence-corrected chi connectivity index (χ3v) is 2.52. The van der Waals surface area contributed by atoms with E-state index < -0.39 is 0 Å². The molecule has 0 amide bonds. The van der Waals surface area contributed by atoms with E-state index in [-0.39, 0.29) is 12.6 Å². The lowest BCUT2D eigenvalue weighted by Gasteiger charge is -2.20. The first kappa shape index (κ1) is 12.7. The fourth-order valence-corrected chi connectivity index (χ4v) is 1.78. The molecule has 0 radical (unpaired) electrons. The van der Waals surface area contributed by atoms with E-state index in [1.54, 1.807) is 0 Å². The number of terminal acetylenes is 1. The van der Waals surface area contributed by atoms with Crippen molar-refractivity contribution in [3.05, 3.63) is 35.9 Å². The van der Waals surface area contributed by atoms with E-state index >= 15 is 0 Å². The molecule has 0 aromatic heterocycles. The number of alkyl halides is 1. The van der Waals surface area contributed by atoms with E-state index in [4.69, 9.17) is 6.42 Å². The van der Waals surface area contributed by atoms with Crippen LogP contribution in [0, 0.1) is 18.3 Å². The molecular formula is C14H18FN. The minimum Gasteiger partial charge on any atom is -0.295 e. The molecule has 0 aliphatic carbocycles. The predicted molar refractivity (Wildman–Crippen MR) is 65.9 cm³/mol. The van der Waals surface area contributed by atoms with Crippen molar-refractivity contribution in [3.8, 4) is 12.3 Å². The van der Waals surface area contributed by atoms with Crippen molar-refractivity contribution < 1.29 is 4.39 Å². The molecule has 1 rings (SSSR count). The third kappa shape index (κ3) is 4.46. The Morgan fingerprint density at radius 3 is 2.62 bits per heavy atom. The van der Waals surface area contributed by atoms with Crippen molar-refractivity contribution in [2.75, 3.05) is 26.8 Å². The Hall–Kier alpha value is -1.33. The fourth-order valence-electron chi connectivity index (χ4n) is 1.78. The molecule has 16 heavy (non-hydrogen) atoms. The lowest BCUT2D eigenvalue weighted by atomic mass is 10.00. The van der Waals surface area contributed by atoms with E-state index in [0.717, 1.165) is 6.42 Å². The van der Waals surface area contributed by atoms with Crippen LogP contribution in [0.4, 0.5) is 4.39 Å². The van der Waals surface area contributed by atoms with Gasteiger partial charge in [-0.05, 0) is 19.0 Å². The van der Waals surface area contributed by atoms with Gasteiger partial charge in [0.15, 0.2) is 0 Å². The van der Waals surface area contributed by atoms with Crippen molar-refractivity contribution in [2.24, 2.45) is 5.92 Å². The fraction of sp³-hybridized carbons (Fsp3) is 0.429. The lowest BCUT2D eigenvalue weighted by Crippen LogP contribution is -2.28. The molecular weight excluding hydrogens is 200 g/mol. The molecule has 1 aromatic carbocycles. The van der Waals surface area contributed by atoms with Gasteiger partial charge in [-0.2, -0.15) is 0 Å². The molecule has 0 heterocycles. The monoisotopic (exact) mass is 218 g/mol. The maximum Gasteiger partial charge on any atom is 0.0938 e. The van der Waals surface area contributed by atoms with Gasteiger partial charge in [0, 0.05) is 12.5 Å². The lowest BCUT2D eigenvalue weighted by molar-refractivity contribution is 0.257. The Bertz CT molecular complexity index is 328. The molecule has 0 saturated carbocycles. The topological polar surface area (TPSA) is 3.24 Å². The Balaban J connectivity index is 2.47. The summed E-state index contributed by atoms with van der Waals surface area (Å²) in [4.78, 5) is 1.98. The summed E-state index contributed by atoms with van der Waals surface area (Å²) < 4.78 is 12.9. The van der Waals surface area contributed by atoms with Gasteiger partial charge in [-0.25, -0.2) is 0 Å². The van der Waals surface area contributed by atoms with Crippen molar-refractivity contribution in [2.45, 2.75) is 6.42 Å². The zero-order valence-electron chi connectivity index (χ0n) is 9.70. The van der Waals surface area contributed by atoms with Crippen molar-refractivity contribution in [1.82, 2.24) is 4.90 Å². The smallest absolute Gasteiger partial charge is 0.0938 e. The van der Waals surface area contributed by atoms with Crippen LogP contribution in [0.15, 0.2) is 30.3 Å². The Morgan fingerprint density at radius 2 is 2.06 bits per heavy atom. The van der Waals surface area contributed by atoms with E-state index in [2.05, 4.69) is 5.92 Å². The molecule has 1 nitrogen and oxygen atoms in total. The summed E-state index contributed by atoms with van der Waals surface area (Å²) in [5.41, 5.74) is 1.18. The van der Waals surface area contributed by atoms with Gasteiger partial charge in [-0.15, -0.1) is 6.42 Å². The van der Waals surface area contributed by atoms with Crippen LogP contribution >= 0.6 is 0 Å². The Kier molecular flexibility index (Phi) is 5.60. The average Bonchev–Trinajstić information content (AvgIpc) is 2.30. The van der Waals surface area contributed by atoms with E-state index in [9.17, 15) is 4.39 Å². The zero-order chi connectivity index (χ0) is 11.8. The van der Waals surface area contributed by atoms with Gasteiger partial charge in [0.25, 0.3) is 0 Å². The maximum atomic E-state index is 12.9. The summed E-state index contributed by atoms with van der Waals surface area (Å²) in [6, 6.07) is 10.00. The summed E-state index contributed by atoms with van der Waals surface area (Å²) in [5.74, 6) is 2.59. The van der Waals surface area contributed by atoms with Gasteiger partial charge >= 0.3 is 0 Å². The Morgan fingerprint density at radius 1 is 1.38 bits per heavy atom. The number of benzene rings is 1. The first-order valence-corrected chi connectivity index (χ1v) is 5.48. The summed E-state index contributed by atoms with van der Waals surface area (Å²) in [6.45, 7) is 0.977. The highest BCUT2D eigenvalue weighted by atomic mass is 18.2. The van der Waals surface area contributed by atoms with Gasteiger partial charge in [0.1, 0.15) is 0 Å². The van der Waals surface area contributed by atoms with Crippen LogP contribution in [0.1, 0.15) is 5.56 Å². The second-order valence-corrected chi connectivity index (χ2v) is 4.11. The number of hydrogen-bond donors (Lipinski definition) is 0. The van der Waals surface area contributed by atoms with Crippen LogP contribution in [0.5, 0.6) is 0 Å². The minimum atomic E-state index is -0.302. The molecule has 0 N–H and O–H groups in total. The molecule has 1 aromatic rings. The Labute approximate surface area is 97.3 Å². The minimum absolute atomic E-state index is 0.0285. The highest BCUT2D eigenvalue weighted by molar-refractivity contribution is 5.15. The molecule has 0 saturated heterocycles. The number of nitrogens with zero attached hydrogens (tertiary/aromatic N) is 1. The van der Waals surface area contributed by atoms with Crippen molar-refractivity contribution >= 4 is 0 Å². The molecule has 0 spiro atoms. The SMILES string of the molecule is C#CCN(C)C[C@H](C[18F])Cc1ccccc1. The second-order valence-electron chi connectivity index (χ2n) is 4.11. The van der Waals surface area contributed by atoms with E-state index in [1.165, 1.54) is 5.56 Å². The summed E-state index contributed by atoms with van der Waals surface area (Å²) >= 11 is 0. The standard InChI is InChI=1S/C14H18FN/c1-3-9-16(2)12-14(11-15)10-13-7-5-4-6-8-13/h1,4-8,14H,9-12H2,2H3/t14-/m0/s1/i15-1. The summed E-state index contributed by atoms with van der Waals surface area (Å²) in [7, 11) is 1.92. The van der Waals surface area contributed by atoms with E-state index in [1.807, 2.05) is 42.3 Å². The molecule has 0 aliphatic heterocycles. The highest BCUT2D eigenvalue weighted by Crippen LogP contribution is 2.10. The molecule has 0 aliphatic rings. The van der Waals surface area contributed by atoms with Crippen LogP contribution in [0.2, 0.25) is 0 Å². The van der Waals surface area contributed by atoms with Gasteiger partial charge in [-0.3, -0.25) is 9.29 Å². The summed E-state index contributed by atoms with van der Waals surface area (Å²) in [6.07, 6.45) is 5.98. The quantitative estimate of drug-likeness (QED) is 0.663. The van der Waals surface area contributed by atoms with E-state index in [0.29, 0.717) is 13.1 Å². The normalized spacial score (nSPS) is 12.4. The second kappa shape index (κ2) is 7.03. The molecule has 86 valence electrons. The van der Waals surface area contributed by atoms with Crippen LogP contribution in [0.3, 0.4) is 0 Å². The molecule has 0 fully saturated rings. The van der Waals surface area contributed by atoms with Crippen molar-refractivity contribution in [3.63, 3.8) is 0 Å². The predicted octanol–water partition coefficient (Wildman–Crippen LogP) is 2.38. The van der Waals surface area contributed by atoms with Gasteiger partial charge in [0.2, 0.25) is 0 Å².